The zero-order valence-electron chi connectivity index (χ0n) is 20.0. The van der Waals surface area contributed by atoms with Crippen LogP contribution >= 0.6 is 0 Å². The fraction of sp³-hybridized carbons (Fsp3) is 0.500. The lowest BCUT2D eigenvalue weighted by Gasteiger charge is -2.30. The second-order valence-corrected chi connectivity index (χ2v) is 12.7. The van der Waals surface area contributed by atoms with Crippen molar-refractivity contribution in [2.75, 3.05) is 24.6 Å². The number of halogens is 5. The number of fused-ring (bicyclic) bond motifs is 3. The summed E-state index contributed by atoms with van der Waals surface area (Å²) < 4.78 is 97.9. The number of likely N-dealkylation sites (tertiary alicyclic amines) is 1. The third kappa shape index (κ3) is 4.49. The van der Waals surface area contributed by atoms with E-state index in [9.17, 15) is 35.2 Å². The van der Waals surface area contributed by atoms with Crippen LogP contribution in [0.3, 0.4) is 0 Å². The lowest BCUT2D eigenvalue weighted by molar-refractivity contribution is -0.228. The number of carbonyl (C=O) groups is 1. The lowest BCUT2D eigenvalue weighted by Crippen LogP contribution is -2.41. The fourth-order valence-corrected chi connectivity index (χ4v) is 7.22. The third-order valence-corrected chi connectivity index (χ3v) is 9.70. The van der Waals surface area contributed by atoms with E-state index in [1.165, 1.54) is 18.2 Å². The second-order valence-electron chi connectivity index (χ2n) is 10.4. The molecule has 37 heavy (non-hydrogen) atoms. The first kappa shape index (κ1) is 25.9. The number of benzene rings is 2. The van der Waals surface area contributed by atoms with Gasteiger partial charge in [-0.15, -0.1) is 0 Å². The van der Waals surface area contributed by atoms with Crippen molar-refractivity contribution < 1.29 is 39.9 Å². The molecule has 2 aromatic rings. The van der Waals surface area contributed by atoms with Crippen molar-refractivity contribution in [1.82, 2.24) is 4.90 Å². The molecule has 0 N–H and O–H groups in total. The Bertz CT molecular complexity index is 1310. The molecule has 0 radical (unpaired) electrons. The molecule has 3 atom stereocenters. The van der Waals surface area contributed by atoms with Gasteiger partial charge in [0.2, 0.25) is 11.6 Å². The average Bonchev–Trinajstić information content (AvgIpc) is 3.31. The maximum atomic E-state index is 14.7. The van der Waals surface area contributed by atoms with Crippen molar-refractivity contribution in [3.8, 4) is 5.75 Å². The molecule has 0 saturated carbocycles. The topological polar surface area (TPSA) is 63.7 Å². The summed E-state index contributed by atoms with van der Waals surface area (Å²) >= 11 is 0. The number of hydrogen-bond acceptors (Lipinski definition) is 4. The molecule has 5 nitrogen and oxygen atoms in total. The minimum Gasteiger partial charge on any atom is -0.487 e. The number of rotatable bonds is 4. The normalized spacial score (nSPS) is 26.8. The molecular formula is C26H26F5NO4S. The molecule has 0 aromatic heterocycles. The first-order valence-corrected chi connectivity index (χ1v) is 13.8. The van der Waals surface area contributed by atoms with Crippen LogP contribution in [0.2, 0.25) is 0 Å². The van der Waals surface area contributed by atoms with E-state index in [1.807, 2.05) is 0 Å². The minimum absolute atomic E-state index is 0.0509. The second kappa shape index (κ2) is 8.68. The molecule has 3 aliphatic heterocycles. The van der Waals surface area contributed by atoms with Gasteiger partial charge in [0.15, 0.2) is 0 Å². The van der Waals surface area contributed by atoms with Crippen LogP contribution in [0.4, 0.5) is 22.0 Å². The van der Waals surface area contributed by atoms with E-state index in [2.05, 4.69) is 0 Å². The summed E-state index contributed by atoms with van der Waals surface area (Å²) in [4.78, 5) is 15.0. The maximum absolute atomic E-state index is 14.7. The molecule has 2 saturated heterocycles. The average molecular weight is 544 g/mol. The Balaban J connectivity index is 1.49. The first-order valence-electron chi connectivity index (χ1n) is 12.0. The number of amides is 1. The Morgan fingerprint density at radius 1 is 1.08 bits per heavy atom. The highest BCUT2D eigenvalue weighted by Crippen LogP contribution is 2.52. The van der Waals surface area contributed by atoms with Gasteiger partial charge in [-0.2, -0.15) is 13.2 Å². The number of nitrogens with zero attached hydrogens (tertiary/aromatic N) is 1. The van der Waals surface area contributed by atoms with Gasteiger partial charge in [-0.05, 0) is 49.9 Å². The highest BCUT2D eigenvalue weighted by atomic mass is 32.2. The van der Waals surface area contributed by atoms with Crippen molar-refractivity contribution in [2.24, 2.45) is 5.92 Å². The molecule has 0 spiro atoms. The summed E-state index contributed by atoms with van der Waals surface area (Å²) in [6, 6.07) is 9.42. The van der Waals surface area contributed by atoms with Crippen LogP contribution in [0.15, 0.2) is 42.5 Å². The number of alkyl halides is 4. The van der Waals surface area contributed by atoms with Gasteiger partial charge in [0.1, 0.15) is 27.5 Å². The zero-order valence-corrected chi connectivity index (χ0v) is 20.8. The maximum Gasteiger partial charge on any atom is 0.426 e. The number of ether oxygens (including phenoxy) is 1. The quantitative estimate of drug-likeness (QED) is 0.534. The summed E-state index contributed by atoms with van der Waals surface area (Å²) in [5, 5.41) is 0. The van der Waals surface area contributed by atoms with Crippen molar-refractivity contribution >= 4 is 15.7 Å². The Hall–Kier alpha value is -2.69. The Morgan fingerprint density at radius 2 is 1.73 bits per heavy atom. The molecule has 0 bridgehead atoms. The molecule has 2 aromatic carbocycles. The van der Waals surface area contributed by atoms with Gasteiger partial charge in [-0.25, -0.2) is 17.2 Å². The van der Waals surface area contributed by atoms with E-state index in [0.29, 0.717) is 18.9 Å². The van der Waals surface area contributed by atoms with Crippen molar-refractivity contribution in [3.05, 3.63) is 65.0 Å². The summed E-state index contributed by atoms with van der Waals surface area (Å²) in [5.41, 5.74) is -3.68. The first-order chi connectivity index (χ1) is 17.2. The van der Waals surface area contributed by atoms with Gasteiger partial charge >= 0.3 is 6.18 Å². The number of hydrogen-bond donors (Lipinski definition) is 0. The van der Waals surface area contributed by atoms with Crippen LogP contribution in [0.1, 0.15) is 36.5 Å². The van der Waals surface area contributed by atoms with E-state index in [0.717, 1.165) is 17.7 Å². The molecule has 5 rings (SSSR count). The van der Waals surface area contributed by atoms with Crippen LogP contribution in [0.25, 0.3) is 0 Å². The van der Waals surface area contributed by atoms with Crippen molar-refractivity contribution in [3.63, 3.8) is 0 Å². The lowest BCUT2D eigenvalue weighted by atomic mass is 9.74. The van der Waals surface area contributed by atoms with Crippen molar-refractivity contribution in [1.29, 1.82) is 0 Å². The van der Waals surface area contributed by atoms with Crippen LogP contribution in [-0.4, -0.2) is 56.1 Å². The van der Waals surface area contributed by atoms with Gasteiger partial charge in [-0.1, -0.05) is 24.3 Å². The van der Waals surface area contributed by atoms with E-state index < -0.39 is 50.5 Å². The molecule has 11 heteroatoms. The third-order valence-electron chi connectivity index (χ3n) is 7.99. The number of sulfone groups is 1. The molecule has 2 fully saturated rings. The fourth-order valence-electron chi connectivity index (χ4n) is 5.73. The van der Waals surface area contributed by atoms with E-state index in [4.69, 9.17) is 4.74 Å². The van der Waals surface area contributed by atoms with E-state index in [-0.39, 0.29) is 49.1 Å². The van der Waals surface area contributed by atoms with Crippen molar-refractivity contribution in [2.45, 2.75) is 49.6 Å². The largest absolute Gasteiger partial charge is 0.487 e. The summed E-state index contributed by atoms with van der Waals surface area (Å²) in [6.45, 7) is 0.804. The van der Waals surface area contributed by atoms with Crippen LogP contribution in [0, 0.1) is 11.7 Å². The van der Waals surface area contributed by atoms with Gasteiger partial charge in [-0.3, -0.25) is 4.79 Å². The predicted octanol–water partition coefficient (Wildman–Crippen LogP) is 4.48. The summed E-state index contributed by atoms with van der Waals surface area (Å²) in [5.74, 6) is -1.01. The Kier molecular flexibility index (Phi) is 6.08. The van der Waals surface area contributed by atoms with Gasteiger partial charge < -0.3 is 9.64 Å². The van der Waals surface area contributed by atoms with Crippen LogP contribution in [0.5, 0.6) is 5.75 Å². The Labute approximate surface area is 211 Å². The minimum atomic E-state index is -5.11. The standard InChI is InChI=1S/C26H26F5NO4S/c1-24(28,26(29,30)31)18-4-7-20-21(12-18)36-22-14-32(23(33)17-8-10-37(34,35)11-9-17)15-25(20,22)13-16-2-5-19(27)6-3-16/h2-7,12,17,22H,8-11,13-15H2,1H3. The summed E-state index contributed by atoms with van der Waals surface area (Å²) in [6.07, 6.45) is -4.94. The highest BCUT2D eigenvalue weighted by Gasteiger charge is 2.58. The molecule has 0 aliphatic carbocycles. The molecule has 200 valence electrons. The van der Waals surface area contributed by atoms with E-state index >= 15 is 0 Å². The highest BCUT2D eigenvalue weighted by molar-refractivity contribution is 7.91. The van der Waals surface area contributed by atoms with Gasteiger partial charge in [0.25, 0.3) is 0 Å². The van der Waals surface area contributed by atoms with Crippen LogP contribution in [-0.2, 0) is 32.1 Å². The zero-order chi connectivity index (χ0) is 26.8. The molecular weight excluding hydrogens is 517 g/mol. The smallest absolute Gasteiger partial charge is 0.426 e. The molecule has 3 unspecified atom stereocenters. The van der Waals surface area contributed by atoms with E-state index in [1.54, 1.807) is 17.0 Å². The summed E-state index contributed by atoms with van der Waals surface area (Å²) in [7, 11) is -3.15. The van der Waals surface area contributed by atoms with Crippen LogP contribution < -0.4 is 4.74 Å². The molecule has 1 amide bonds. The SMILES string of the molecule is CC(F)(c1ccc2c(c1)OC1CN(C(=O)C3CCS(=O)(=O)CC3)CC21Cc1ccc(F)cc1)C(F)(F)F. The predicted molar refractivity (Wildman–Crippen MR) is 125 cm³/mol. The van der Waals surface area contributed by atoms with Gasteiger partial charge in [0.05, 0.1) is 23.5 Å². The monoisotopic (exact) mass is 543 g/mol. The van der Waals surface area contributed by atoms with Gasteiger partial charge in [0, 0.05) is 23.6 Å². The molecule has 3 heterocycles. The number of carbonyl (C=O) groups excluding carboxylic acids is 1. The molecule has 3 aliphatic rings. The Morgan fingerprint density at radius 3 is 2.35 bits per heavy atom.